The Bertz CT molecular complexity index is 230. The van der Waals surface area contributed by atoms with Gasteiger partial charge in [0.15, 0.2) is 0 Å². The molecule has 0 aromatic carbocycles. The SMILES string of the molecule is CCCC1CCC(SC(C)C)(C(=O)O)CC1. The summed E-state index contributed by atoms with van der Waals surface area (Å²) < 4.78 is -0.488. The van der Waals surface area contributed by atoms with Gasteiger partial charge in [0.25, 0.3) is 0 Å². The molecular weight excluding hydrogens is 220 g/mol. The van der Waals surface area contributed by atoms with Gasteiger partial charge in [0.05, 0.1) is 0 Å². The third kappa shape index (κ3) is 3.41. The summed E-state index contributed by atoms with van der Waals surface area (Å²) in [6.45, 7) is 6.39. The van der Waals surface area contributed by atoms with E-state index >= 15 is 0 Å². The van der Waals surface area contributed by atoms with Crippen molar-refractivity contribution in [3.8, 4) is 0 Å². The Morgan fingerprint density at radius 3 is 2.38 bits per heavy atom. The van der Waals surface area contributed by atoms with Gasteiger partial charge in [-0.05, 0) is 31.6 Å². The van der Waals surface area contributed by atoms with Crippen molar-refractivity contribution in [2.75, 3.05) is 0 Å². The molecule has 0 amide bonds. The van der Waals surface area contributed by atoms with Gasteiger partial charge < -0.3 is 5.11 Å². The van der Waals surface area contributed by atoms with Crippen LogP contribution in [0.15, 0.2) is 0 Å². The first-order valence-electron chi connectivity index (χ1n) is 6.41. The van der Waals surface area contributed by atoms with E-state index in [1.165, 1.54) is 12.8 Å². The van der Waals surface area contributed by atoms with Crippen molar-refractivity contribution >= 4 is 17.7 Å². The zero-order chi connectivity index (χ0) is 12.2. The molecule has 0 saturated heterocycles. The third-order valence-electron chi connectivity index (χ3n) is 3.46. The van der Waals surface area contributed by atoms with Crippen LogP contribution >= 0.6 is 11.8 Å². The summed E-state index contributed by atoms with van der Waals surface area (Å²) in [5.41, 5.74) is 0. The predicted octanol–water partition coefficient (Wildman–Crippen LogP) is 3.94. The molecule has 0 heterocycles. The molecule has 1 rings (SSSR count). The van der Waals surface area contributed by atoms with Crippen LogP contribution in [0.3, 0.4) is 0 Å². The summed E-state index contributed by atoms with van der Waals surface area (Å²) in [4.78, 5) is 11.5. The molecule has 1 aliphatic rings. The molecule has 0 bridgehead atoms. The second-order valence-corrected chi connectivity index (χ2v) is 7.16. The Labute approximate surface area is 103 Å². The zero-order valence-corrected chi connectivity index (χ0v) is 11.5. The number of carboxylic acid groups (broad SMARTS) is 1. The van der Waals surface area contributed by atoms with Gasteiger partial charge in [-0.1, -0.05) is 33.6 Å². The molecule has 0 radical (unpaired) electrons. The first-order valence-corrected chi connectivity index (χ1v) is 7.29. The van der Waals surface area contributed by atoms with Gasteiger partial charge in [-0.3, -0.25) is 4.79 Å². The van der Waals surface area contributed by atoms with Crippen molar-refractivity contribution in [2.24, 2.45) is 5.92 Å². The molecule has 0 unspecified atom stereocenters. The molecule has 0 spiro atoms. The number of rotatable bonds is 5. The lowest BCUT2D eigenvalue weighted by Crippen LogP contribution is -2.40. The van der Waals surface area contributed by atoms with Crippen molar-refractivity contribution in [3.05, 3.63) is 0 Å². The first kappa shape index (κ1) is 13.9. The lowest BCUT2D eigenvalue weighted by atomic mass is 9.79. The number of hydrogen-bond donors (Lipinski definition) is 1. The fourth-order valence-corrected chi connectivity index (χ4v) is 4.15. The molecule has 0 aromatic heterocycles. The highest BCUT2D eigenvalue weighted by atomic mass is 32.2. The molecule has 1 fully saturated rings. The van der Waals surface area contributed by atoms with E-state index in [2.05, 4.69) is 20.8 Å². The predicted molar refractivity (Wildman–Crippen MR) is 70.0 cm³/mol. The average Bonchev–Trinajstić information content (AvgIpc) is 2.20. The Morgan fingerprint density at radius 1 is 1.44 bits per heavy atom. The molecule has 94 valence electrons. The van der Waals surface area contributed by atoms with Crippen LogP contribution in [0.25, 0.3) is 0 Å². The van der Waals surface area contributed by atoms with Crippen molar-refractivity contribution in [3.63, 3.8) is 0 Å². The normalized spacial score (nSPS) is 30.6. The van der Waals surface area contributed by atoms with Crippen LogP contribution in [0.1, 0.15) is 59.3 Å². The van der Waals surface area contributed by atoms with E-state index in [4.69, 9.17) is 0 Å². The van der Waals surface area contributed by atoms with E-state index in [0.717, 1.165) is 31.6 Å². The molecule has 1 saturated carbocycles. The number of thioether (sulfide) groups is 1. The molecule has 1 aliphatic carbocycles. The molecule has 1 N–H and O–H groups in total. The second-order valence-electron chi connectivity index (χ2n) is 5.20. The monoisotopic (exact) mass is 244 g/mol. The highest BCUT2D eigenvalue weighted by Gasteiger charge is 2.42. The van der Waals surface area contributed by atoms with Crippen LogP contribution in [0.4, 0.5) is 0 Å². The van der Waals surface area contributed by atoms with Gasteiger partial charge in [0, 0.05) is 5.25 Å². The van der Waals surface area contributed by atoms with Crippen LogP contribution in [0.5, 0.6) is 0 Å². The quantitative estimate of drug-likeness (QED) is 0.796. The Morgan fingerprint density at radius 2 is 2.00 bits per heavy atom. The highest BCUT2D eigenvalue weighted by Crippen LogP contribution is 2.44. The highest BCUT2D eigenvalue weighted by molar-refractivity contribution is 8.01. The van der Waals surface area contributed by atoms with Crippen LogP contribution in [0.2, 0.25) is 0 Å². The summed E-state index contributed by atoms with van der Waals surface area (Å²) in [5, 5.41) is 9.83. The second kappa shape index (κ2) is 5.95. The van der Waals surface area contributed by atoms with Gasteiger partial charge in [-0.25, -0.2) is 0 Å². The number of carbonyl (C=O) groups is 1. The number of aliphatic carboxylic acids is 1. The average molecular weight is 244 g/mol. The standard InChI is InChI=1S/C13H24O2S/c1-4-5-11-6-8-13(9-7-11,12(14)15)16-10(2)3/h10-11H,4-9H2,1-3H3,(H,14,15). The largest absolute Gasteiger partial charge is 0.480 e. The number of carboxylic acids is 1. The fourth-order valence-electron chi connectivity index (χ4n) is 2.67. The Hall–Kier alpha value is -0.180. The van der Waals surface area contributed by atoms with Crippen molar-refractivity contribution in [1.82, 2.24) is 0 Å². The molecule has 2 nitrogen and oxygen atoms in total. The van der Waals surface area contributed by atoms with E-state index in [-0.39, 0.29) is 0 Å². The minimum atomic E-state index is -0.596. The fraction of sp³-hybridized carbons (Fsp3) is 0.923. The third-order valence-corrected chi connectivity index (χ3v) is 4.97. The maximum Gasteiger partial charge on any atom is 0.319 e. The minimum Gasteiger partial charge on any atom is -0.480 e. The van der Waals surface area contributed by atoms with Crippen molar-refractivity contribution in [2.45, 2.75) is 69.3 Å². The van der Waals surface area contributed by atoms with Gasteiger partial charge in [-0.2, -0.15) is 0 Å². The number of hydrogen-bond acceptors (Lipinski definition) is 2. The van der Waals surface area contributed by atoms with Crippen LogP contribution in [0, 0.1) is 5.92 Å². The maximum absolute atomic E-state index is 11.5. The van der Waals surface area contributed by atoms with Crippen LogP contribution < -0.4 is 0 Å². The molecule has 16 heavy (non-hydrogen) atoms. The molecule has 0 atom stereocenters. The van der Waals surface area contributed by atoms with Gasteiger partial charge in [0.1, 0.15) is 4.75 Å². The summed E-state index contributed by atoms with van der Waals surface area (Å²) in [6.07, 6.45) is 6.40. The summed E-state index contributed by atoms with van der Waals surface area (Å²) in [6, 6.07) is 0. The van der Waals surface area contributed by atoms with E-state index in [1.54, 1.807) is 11.8 Å². The lowest BCUT2D eigenvalue weighted by Gasteiger charge is -2.37. The molecular formula is C13H24O2S. The lowest BCUT2D eigenvalue weighted by molar-refractivity contribution is -0.141. The van der Waals surface area contributed by atoms with E-state index in [9.17, 15) is 9.90 Å². The molecule has 0 aromatic rings. The van der Waals surface area contributed by atoms with Gasteiger partial charge >= 0.3 is 5.97 Å². The molecule has 3 heteroatoms. The van der Waals surface area contributed by atoms with E-state index in [1.807, 2.05) is 0 Å². The Kier molecular flexibility index (Phi) is 5.16. The van der Waals surface area contributed by atoms with Crippen molar-refractivity contribution < 1.29 is 9.90 Å². The summed E-state index contributed by atoms with van der Waals surface area (Å²) in [5.74, 6) is 0.173. The topological polar surface area (TPSA) is 37.3 Å². The van der Waals surface area contributed by atoms with E-state index in [0.29, 0.717) is 5.25 Å². The minimum absolute atomic E-state index is 0.402. The first-order chi connectivity index (χ1) is 7.50. The van der Waals surface area contributed by atoms with Gasteiger partial charge in [0.2, 0.25) is 0 Å². The van der Waals surface area contributed by atoms with Crippen LogP contribution in [-0.2, 0) is 4.79 Å². The Balaban J connectivity index is 2.59. The smallest absolute Gasteiger partial charge is 0.319 e. The summed E-state index contributed by atoms with van der Waals surface area (Å²) in [7, 11) is 0. The van der Waals surface area contributed by atoms with E-state index < -0.39 is 10.7 Å². The van der Waals surface area contributed by atoms with Crippen LogP contribution in [-0.4, -0.2) is 21.1 Å². The zero-order valence-electron chi connectivity index (χ0n) is 10.7. The van der Waals surface area contributed by atoms with Gasteiger partial charge in [-0.15, -0.1) is 11.8 Å². The maximum atomic E-state index is 11.5. The van der Waals surface area contributed by atoms with Crippen molar-refractivity contribution in [1.29, 1.82) is 0 Å². The summed E-state index contributed by atoms with van der Waals surface area (Å²) >= 11 is 1.65. The molecule has 0 aliphatic heterocycles.